The molecule has 5 heteroatoms. The minimum absolute atomic E-state index is 0.127. The number of piperazine rings is 1. The van der Waals surface area contributed by atoms with Gasteiger partial charge in [0.25, 0.3) is 0 Å². The van der Waals surface area contributed by atoms with E-state index in [0.29, 0.717) is 26.1 Å². The predicted molar refractivity (Wildman–Crippen MR) is 92.2 cm³/mol. The molecule has 0 unspecified atom stereocenters. The molecule has 1 aromatic carbocycles. The summed E-state index contributed by atoms with van der Waals surface area (Å²) in [5, 5.41) is 9.08. The van der Waals surface area contributed by atoms with Gasteiger partial charge in [-0.1, -0.05) is 24.1 Å². The number of nitrogens with zero attached hydrogens (tertiary/aromatic N) is 3. The van der Waals surface area contributed by atoms with Crippen molar-refractivity contribution in [3.63, 3.8) is 0 Å². The molecule has 0 bridgehead atoms. The highest BCUT2D eigenvalue weighted by Gasteiger charge is 2.22. The summed E-state index contributed by atoms with van der Waals surface area (Å²) in [6.07, 6.45) is 5.98. The molecule has 1 saturated heterocycles. The molecule has 1 amide bonds. The highest BCUT2D eigenvalue weighted by molar-refractivity contribution is 5.81. The molecule has 0 aliphatic carbocycles. The van der Waals surface area contributed by atoms with Crippen molar-refractivity contribution in [1.29, 1.82) is 0 Å². The Hall–Kier alpha value is -2.03. The Morgan fingerprint density at radius 1 is 1.22 bits per heavy atom. The number of para-hydroxylation sites is 1. The molecule has 1 heterocycles. The molecule has 1 aromatic rings. The Morgan fingerprint density at radius 2 is 1.91 bits per heavy atom. The smallest absolute Gasteiger partial charge is 0.242 e. The second kappa shape index (κ2) is 9.19. The highest BCUT2D eigenvalue weighted by Crippen LogP contribution is 2.14. The number of aliphatic hydroxyl groups excluding tert-OH is 1. The van der Waals surface area contributed by atoms with Crippen molar-refractivity contribution in [2.75, 3.05) is 57.3 Å². The number of benzene rings is 1. The first-order valence-electron chi connectivity index (χ1n) is 8.09. The van der Waals surface area contributed by atoms with Crippen LogP contribution in [0, 0.1) is 12.3 Å². The molecule has 0 aromatic heterocycles. The van der Waals surface area contributed by atoms with Gasteiger partial charge in [-0.2, -0.15) is 0 Å². The average molecular weight is 315 g/mol. The number of carbonyl (C=O) groups is 1. The van der Waals surface area contributed by atoms with E-state index in [9.17, 15) is 4.79 Å². The number of carbonyl (C=O) groups excluding carboxylic acids is 1. The molecule has 2 rings (SSSR count). The molecule has 23 heavy (non-hydrogen) atoms. The molecule has 1 aliphatic rings. The molecule has 0 spiro atoms. The third-order valence-corrected chi connectivity index (χ3v) is 4.07. The predicted octanol–water partition coefficient (Wildman–Crippen LogP) is 0.653. The van der Waals surface area contributed by atoms with E-state index in [1.54, 1.807) is 0 Å². The second-order valence-electron chi connectivity index (χ2n) is 5.70. The largest absolute Gasteiger partial charge is 0.396 e. The molecule has 1 fully saturated rings. The van der Waals surface area contributed by atoms with Crippen molar-refractivity contribution in [2.24, 2.45) is 0 Å². The SMILES string of the molecule is C#CCN1CCN(C(=O)CN(CCCO)c2ccccc2)CC1. The summed E-state index contributed by atoms with van der Waals surface area (Å²) >= 11 is 0. The lowest BCUT2D eigenvalue weighted by Gasteiger charge is -2.35. The van der Waals surface area contributed by atoms with Crippen molar-refractivity contribution in [1.82, 2.24) is 9.80 Å². The number of terminal acetylenes is 1. The fourth-order valence-corrected chi connectivity index (χ4v) is 2.75. The van der Waals surface area contributed by atoms with E-state index in [-0.39, 0.29) is 12.5 Å². The van der Waals surface area contributed by atoms with E-state index in [2.05, 4.69) is 10.8 Å². The van der Waals surface area contributed by atoms with E-state index in [0.717, 1.165) is 31.9 Å². The van der Waals surface area contributed by atoms with E-state index in [1.807, 2.05) is 40.1 Å². The zero-order valence-corrected chi connectivity index (χ0v) is 13.5. The van der Waals surface area contributed by atoms with Crippen molar-refractivity contribution in [3.05, 3.63) is 30.3 Å². The Labute approximate surface area is 138 Å². The average Bonchev–Trinajstić information content (AvgIpc) is 2.60. The summed E-state index contributed by atoms with van der Waals surface area (Å²) in [6.45, 7) is 4.90. The topological polar surface area (TPSA) is 47.0 Å². The van der Waals surface area contributed by atoms with Crippen LogP contribution in [0.2, 0.25) is 0 Å². The summed E-state index contributed by atoms with van der Waals surface area (Å²) in [7, 11) is 0. The van der Waals surface area contributed by atoms with Crippen molar-refractivity contribution >= 4 is 11.6 Å². The van der Waals surface area contributed by atoms with Crippen LogP contribution in [0.25, 0.3) is 0 Å². The lowest BCUT2D eigenvalue weighted by atomic mass is 10.2. The third kappa shape index (κ3) is 5.27. The second-order valence-corrected chi connectivity index (χ2v) is 5.70. The maximum Gasteiger partial charge on any atom is 0.242 e. The lowest BCUT2D eigenvalue weighted by molar-refractivity contribution is -0.131. The van der Waals surface area contributed by atoms with Crippen molar-refractivity contribution < 1.29 is 9.90 Å². The van der Waals surface area contributed by atoms with Gasteiger partial charge in [-0.3, -0.25) is 9.69 Å². The zero-order chi connectivity index (χ0) is 16.5. The summed E-state index contributed by atoms with van der Waals surface area (Å²) in [5.74, 6) is 2.78. The van der Waals surface area contributed by atoms with Gasteiger partial charge in [0.2, 0.25) is 5.91 Å². The van der Waals surface area contributed by atoms with Crippen LogP contribution in [-0.4, -0.2) is 73.2 Å². The molecule has 1 N–H and O–H groups in total. The fraction of sp³-hybridized carbons (Fsp3) is 0.500. The van der Waals surface area contributed by atoms with Crippen LogP contribution in [-0.2, 0) is 4.79 Å². The first-order valence-corrected chi connectivity index (χ1v) is 8.09. The minimum atomic E-state index is 0.127. The minimum Gasteiger partial charge on any atom is -0.396 e. The summed E-state index contributed by atoms with van der Waals surface area (Å²) in [4.78, 5) is 18.7. The number of hydrogen-bond acceptors (Lipinski definition) is 4. The van der Waals surface area contributed by atoms with Gasteiger partial charge in [-0.25, -0.2) is 0 Å². The standard InChI is InChI=1S/C18H25N3O2/c1-2-9-19-11-13-20(14-12-19)18(23)16-21(10-6-15-22)17-7-4-3-5-8-17/h1,3-5,7-8,22H,6,9-16H2. The van der Waals surface area contributed by atoms with Gasteiger partial charge in [-0.05, 0) is 18.6 Å². The zero-order valence-electron chi connectivity index (χ0n) is 13.5. The van der Waals surface area contributed by atoms with Crippen LogP contribution in [0.15, 0.2) is 30.3 Å². The van der Waals surface area contributed by atoms with E-state index >= 15 is 0 Å². The Bertz CT molecular complexity index is 519. The molecular formula is C18H25N3O2. The van der Waals surface area contributed by atoms with Gasteiger partial charge in [0.15, 0.2) is 0 Å². The van der Waals surface area contributed by atoms with Crippen molar-refractivity contribution in [3.8, 4) is 12.3 Å². The van der Waals surface area contributed by atoms with Gasteiger partial charge in [0.1, 0.15) is 0 Å². The molecule has 124 valence electrons. The molecular weight excluding hydrogens is 290 g/mol. The molecule has 5 nitrogen and oxygen atoms in total. The summed E-state index contributed by atoms with van der Waals surface area (Å²) in [5.41, 5.74) is 1.01. The van der Waals surface area contributed by atoms with E-state index < -0.39 is 0 Å². The van der Waals surface area contributed by atoms with Gasteiger partial charge >= 0.3 is 0 Å². The monoisotopic (exact) mass is 315 g/mol. The maximum absolute atomic E-state index is 12.6. The summed E-state index contributed by atoms with van der Waals surface area (Å²) < 4.78 is 0. The van der Waals surface area contributed by atoms with Gasteiger partial charge in [0, 0.05) is 45.0 Å². The lowest BCUT2D eigenvalue weighted by Crippen LogP contribution is -2.51. The Morgan fingerprint density at radius 3 is 2.52 bits per heavy atom. The van der Waals surface area contributed by atoms with Crippen LogP contribution >= 0.6 is 0 Å². The van der Waals surface area contributed by atoms with E-state index in [1.165, 1.54) is 0 Å². The quantitative estimate of drug-likeness (QED) is 0.751. The number of aliphatic hydroxyl groups is 1. The molecule has 0 atom stereocenters. The maximum atomic E-state index is 12.6. The van der Waals surface area contributed by atoms with Crippen LogP contribution in [0.3, 0.4) is 0 Å². The molecule has 1 aliphatic heterocycles. The normalized spacial score (nSPS) is 15.2. The molecule has 0 saturated carbocycles. The number of anilines is 1. The third-order valence-electron chi connectivity index (χ3n) is 4.07. The first-order chi connectivity index (χ1) is 11.2. The van der Waals surface area contributed by atoms with Gasteiger partial charge in [0.05, 0.1) is 13.1 Å². The van der Waals surface area contributed by atoms with Crippen LogP contribution in [0.1, 0.15) is 6.42 Å². The highest BCUT2D eigenvalue weighted by atomic mass is 16.3. The van der Waals surface area contributed by atoms with Crippen LogP contribution < -0.4 is 4.90 Å². The van der Waals surface area contributed by atoms with Crippen LogP contribution in [0.5, 0.6) is 0 Å². The Kier molecular flexibility index (Phi) is 6.92. The van der Waals surface area contributed by atoms with Crippen molar-refractivity contribution in [2.45, 2.75) is 6.42 Å². The number of hydrogen-bond donors (Lipinski definition) is 1. The first kappa shape index (κ1) is 17.3. The fourth-order valence-electron chi connectivity index (χ4n) is 2.75. The van der Waals surface area contributed by atoms with Crippen LogP contribution in [0.4, 0.5) is 5.69 Å². The van der Waals surface area contributed by atoms with Gasteiger partial charge in [-0.15, -0.1) is 6.42 Å². The molecule has 0 radical (unpaired) electrons. The number of rotatable bonds is 7. The number of amides is 1. The summed E-state index contributed by atoms with van der Waals surface area (Å²) in [6, 6.07) is 9.87. The Balaban J connectivity index is 1.92. The van der Waals surface area contributed by atoms with E-state index in [4.69, 9.17) is 11.5 Å². The van der Waals surface area contributed by atoms with Gasteiger partial charge < -0.3 is 14.9 Å².